The van der Waals surface area contributed by atoms with Gasteiger partial charge in [-0.3, -0.25) is 0 Å². The van der Waals surface area contributed by atoms with E-state index in [1.54, 1.807) is 4.88 Å². The Kier molecular flexibility index (Phi) is 4.50. The van der Waals surface area contributed by atoms with E-state index in [4.69, 9.17) is 0 Å². The van der Waals surface area contributed by atoms with E-state index in [2.05, 4.69) is 43.6 Å². The molecule has 102 valence electrons. The summed E-state index contributed by atoms with van der Waals surface area (Å²) in [6.45, 7) is 9.29. The van der Waals surface area contributed by atoms with Gasteiger partial charge >= 0.3 is 0 Å². The summed E-state index contributed by atoms with van der Waals surface area (Å²) in [5.74, 6) is 0. The minimum Gasteiger partial charge on any atom is -0.316 e. The predicted octanol–water partition coefficient (Wildman–Crippen LogP) is 4.59. The molecule has 0 amide bonds. The number of thiophene rings is 1. The van der Waals surface area contributed by atoms with Gasteiger partial charge in [-0.25, -0.2) is 0 Å². The van der Waals surface area contributed by atoms with Crippen LogP contribution in [-0.2, 0) is 5.41 Å². The lowest BCUT2D eigenvalue weighted by molar-refractivity contribution is 0.0153. The molecule has 0 saturated heterocycles. The van der Waals surface area contributed by atoms with Gasteiger partial charge in [-0.2, -0.15) is 0 Å². The third kappa shape index (κ3) is 2.50. The number of hydrogen-bond donors (Lipinski definition) is 1. The van der Waals surface area contributed by atoms with Crippen LogP contribution in [0, 0.1) is 5.41 Å². The van der Waals surface area contributed by atoms with Crippen molar-refractivity contribution in [3.8, 4) is 0 Å². The molecule has 0 atom stereocenters. The lowest BCUT2D eigenvalue weighted by Crippen LogP contribution is -2.54. The van der Waals surface area contributed by atoms with Gasteiger partial charge in [-0.1, -0.05) is 39.7 Å². The SMILES string of the molecule is CCCNCC1(c2cccs2)CC(CC)(CC)C1. The van der Waals surface area contributed by atoms with Crippen LogP contribution < -0.4 is 5.32 Å². The molecule has 2 rings (SSSR count). The van der Waals surface area contributed by atoms with Crippen molar-refractivity contribution in [1.29, 1.82) is 0 Å². The van der Waals surface area contributed by atoms with Crippen molar-refractivity contribution in [3.63, 3.8) is 0 Å². The Hall–Kier alpha value is -0.340. The van der Waals surface area contributed by atoms with Crippen LogP contribution >= 0.6 is 11.3 Å². The van der Waals surface area contributed by atoms with Crippen molar-refractivity contribution >= 4 is 11.3 Å². The fourth-order valence-electron chi connectivity index (χ4n) is 3.60. The molecular formula is C16H27NS. The Morgan fingerprint density at radius 2 is 1.94 bits per heavy atom. The van der Waals surface area contributed by atoms with Crippen LogP contribution in [0.3, 0.4) is 0 Å². The van der Waals surface area contributed by atoms with Gasteiger partial charge in [0, 0.05) is 16.8 Å². The van der Waals surface area contributed by atoms with E-state index < -0.39 is 0 Å². The molecule has 0 aromatic carbocycles. The second-order valence-corrected chi connectivity index (χ2v) is 6.94. The van der Waals surface area contributed by atoms with Gasteiger partial charge in [-0.15, -0.1) is 11.3 Å². The minimum atomic E-state index is 0.440. The van der Waals surface area contributed by atoms with Gasteiger partial charge < -0.3 is 5.32 Å². The number of rotatable bonds is 7. The molecule has 1 nitrogen and oxygen atoms in total. The average molecular weight is 265 g/mol. The highest BCUT2D eigenvalue weighted by Gasteiger charge is 2.53. The monoisotopic (exact) mass is 265 g/mol. The Morgan fingerprint density at radius 3 is 2.44 bits per heavy atom. The summed E-state index contributed by atoms with van der Waals surface area (Å²) in [6, 6.07) is 4.55. The Morgan fingerprint density at radius 1 is 1.22 bits per heavy atom. The minimum absolute atomic E-state index is 0.440. The normalized spacial score (nSPS) is 20.6. The quantitative estimate of drug-likeness (QED) is 0.711. The highest BCUT2D eigenvalue weighted by Crippen LogP contribution is 2.59. The molecule has 0 bridgehead atoms. The molecule has 1 aromatic rings. The van der Waals surface area contributed by atoms with Gasteiger partial charge in [0.25, 0.3) is 0 Å². The molecule has 2 heteroatoms. The topological polar surface area (TPSA) is 12.0 Å². The number of nitrogens with one attached hydrogen (secondary N) is 1. The van der Waals surface area contributed by atoms with Crippen LogP contribution in [0.2, 0.25) is 0 Å². The molecule has 1 heterocycles. The molecule has 0 unspecified atom stereocenters. The summed E-state index contributed by atoms with van der Waals surface area (Å²) >= 11 is 1.95. The first-order valence-electron chi connectivity index (χ1n) is 7.45. The Labute approximate surface area is 116 Å². The Bertz CT molecular complexity index is 343. The lowest BCUT2D eigenvalue weighted by atomic mass is 9.50. The molecule has 1 fully saturated rings. The van der Waals surface area contributed by atoms with Crippen LogP contribution in [0.1, 0.15) is 57.8 Å². The molecule has 1 aliphatic carbocycles. The zero-order chi connectivity index (χ0) is 13.1. The van der Waals surface area contributed by atoms with E-state index in [9.17, 15) is 0 Å². The van der Waals surface area contributed by atoms with Crippen molar-refractivity contribution in [3.05, 3.63) is 22.4 Å². The largest absolute Gasteiger partial charge is 0.316 e. The van der Waals surface area contributed by atoms with E-state index in [0.29, 0.717) is 10.8 Å². The van der Waals surface area contributed by atoms with Gasteiger partial charge in [0.1, 0.15) is 0 Å². The van der Waals surface area contributed by atoms with E-state index in [1.165, 1.54) is 38.6 Å². The van der Waals surface area contributed by atoms with Crippen LogP contribution in [-0.4, -0.2) is 13.1 Å². The maximum atomic E-state index is 3.66. The van der Waals surface area contributed by atoms with Gasteiger partial charge in [0.15, 0.2) is 0 Å². The highest BCUT2D eigenvalue weighted by molar-refractivity contribution is 7.10. The summed E-state index contributed by atoms with van der Waals surface area (Å²) in [4.78, 5) is 1.60. The lowest BCUT2D eigenvalue weighted by Gasteiger charge is -2.56. The van der Waals surface area contributed by atoms with Crippen LogP contribution in [0.4, 0.5) is 0 Å². The van der Waals surface area contributed by atoms with E-state index in [1.807, 2.05) is 11.3 Å². The summed E-state index contributed by atoms with van der Waals surface area (Å²) in [5, 5.41) is 5.89. The summed E-state index contributed by atoms with van der Waals surface area (Å²) < 4.78 is 0. The maximum absolute atomic E-state index is 3.66. The highest BCUT2D eigenvalue weighted by atomic mass is 32.1. The zero-order valence-corrected chi connectivity index (χ0v) is 12.9. The first-order valence-corrected chi connectivity index (χ1v) is 8.33. The second kappa shape index (κ2) is 5.75. The third-order valence-electron chi connectivity index (χ3n) is 4.86. The van der Waals surface area contributed by atoms with Crippen LogP contribution in [0.25, 0.3) is 0 Å². The average Bonchev–Trinajstić information content (AvgIpc) is 2.87. The third-order valence-corrected chi connectivity index (χ3v) is 5.98. The van der Waals surface area contributed by atoms with Gasteiger partial charge in [-0.05, 0) is 42.7 Å². The van der Waals surface area contributed by atoms with Crippen molar-refractivity contribution in [2.24, 2.45) is 5.41 Å². The van der Waals surface area contributed by atoms with Crippen LogP contribution in [0.15, 0.2) is 17.5 Å². The Balaban J connectivity index is 2.07. The van der Waals surface area contributed by atoms with E-state index in [0.717, 1.165) is 6.54 Å². The molecule has 0 spiro atoms. The summed E-state index contributed by atoms with van der Waals surface area (Å²) in [6.07, 6.45) is 6.66. The second-order valence-electron chi connectivity index (χ2n) is 6.00. The molecule has 1 N–H and O–H groups in total. The summed E-state index contributed by atoms with van der Waals surface area (Å²) in [7, 11) is 0. The zero-order valence-electron chi connectivity index (χ0n) is 12.1. The maximum Gasteiger partial charge on any atom is 0.0182 e. The van der Waals surface area contributed by atoms with Crippen molar-refractivity contribution in [2.45, 2.75) is 58.3 Å². The van der Waals surface area contributed by atoms with Crippen molar-refractivity contribution in [1.82, 2.24) is 5.32 Å². The first kappa shape index (κ1) is 14.1. The molecule has 0 radical (unpaired) electrons. The molecule has 1 saturated carbocycles. The molecular weight excluding hydrogens is 238 g/mol. The van der Waals surface area contributed by atoms with Gasteiger partial charge in [0.2, 0.25) is 0 Å². The standard InChI is InChI=1S/C16H27NS/c1-4-9-17-13-16(14-8-7-10-18-14)11-15(5-2,6-3)12-16/h7-8,10,17H,4-6,9,11-13H2,1-3H3. The van der Waals surface area contributed by atoms with E-state index >= 15 is 0 Å². The number of hydrogen-bond acceptors (Lipinski definition) is 2. The fraction of sp³-hybridized carbons (Fsp3) is 0.750. The molecule has 1 aliphatic rings. The predicted molar refractivity (Wildman–Crippen MR) is 81.4 cm³/mol. The van der Waals surface area contributed by atoms with Crippen LogP contribution in [0.5, 0.6) is 0 Å². The van der Waals surface area contributed by atoms with Gasteiger partial charge in [0.05, 0.1) is 0 Å². The first-order chi connectivity index (χ1) is 8.70. The van der Waals surface area contributed by atoms with E-state index in [-0.39, 0.29) is 0 Å². The molecule has 18 heavy (non-hydrogen) atoms. The molecule has 1 aromatic heterocycles. The molecule has 0 aliphatic heterocycles. The van der Waals surface area contributed by atoms with Crippen molar-refractivity contribution in [2.75, 3.05) is 13.1 Å². The smallest absolute Gasteiger partial charge is 0.0182 e. The van der Waals surface area contributed by atoms with Crippen molar-refractivity contribution < 1.29 is 0 Å². The summed E-state index contributed by atoms with van der Waals surface area (Å²) in [5.41, 5.74) is 1.06. The fourth-order valence-corrected chi connectivity index (χ4v) is 4.53.